The summed E-state index contributed by atoms with van der Waals surface area (Å²) in [5, 5.41) is 10.3. The van der Waals surface area contributed by atoms with Crippen LogP contribution in [0.4, 0.5) is 10.2 Å². The smallest absolute Gasteiger partial charge is 0.318 e. The van der Waals surface area contributed by atoms with Crippen LogP contribution in [0.5, 0.6) is 6.01 Å². The first kappa shape index (κ1) is 29.2. The van der Waals surface area contributed by atoms with Gasteiger partial charge in [0.2, 0.25) is 0 Å². The Hall–Kier alpha value is -3.48. The number of amides is 1. The number of halogens is 2. The van der Waals surface area contributed by atoms with Gasteiger partial charge in [-0.25, -0.2) is 4.39 Å². The van der Waals surface area contributed by atoms with Crippen LogP contribution < -0.4 is 9.64 Å². The van der Waals surface area contributed by atoms with E-state index in [1.807, 2.05) is 12.1 Å². The largest absolute Gasteiger partial charge is 0.461 e. The molecule has 1 aromatic carbocycles. The summed E-state index contributed by atoms with van der Waals surface area (Å²) in [6.45, 7) is 8.27. The Kier molecular flexibility index (Phi) is 7.41. The lowest BCUT2D eigenvalue weighted by molar-refractivity contribution is -0.131. The molecular formula is C34H38ClFN6O2. The van der Waals surface area contributed by atoms with Crippen molar-refractivity contribution in [3.63, 3.8) is 0 Å². The van der Waals surface area contributed by atoms with E-state index in [-0.39, 0.29) is 23.9 Å². The molecule has 3 saturated heterocycles. The van der Waals surface area contributed by atoms with Gasteiger partial charge in [-0.1, -0.05) is 42.5 Å². The number of rotatable bonds is 6. The lowest BCUT2D eigenvalue weighted by Gasteiger charge is -2.42. The average molecular weight is 617 g/mol. The van der Waals surface area contributed by atoms with Crippen LogP contribution in [0.1, 0.15) is 67.8 Å². The molecule has 0 N–H and O–H groups in total. The van der Waals surface area contributed by atoms with Crippen molar-refractivity contribution < 1.29 is 13.9 Å². The van der Waals surface area contributed by atoms with Crippen molar-refractivity contribution >= 4 is 29.4 Å². The zero-order valence-electron chi connectivity index (χ0n) is 25.2. The molecule has 1 amide bonds. The molecule has 0 bridgehead atoms. The van der Waals surface area contributed by atoms with E-state index in [4.69, 9.17) is 26.3 Å². The number of allylic oxidation sites excluding steroid dienone is 1. The summed E-state index contributed by atoms with van der Waals surface area (Å²) < 4.78 is 20.4. The highest BCUT2D eigenvalue weighted by Gasteiger charge is 2.48. The van der Waals surface area contributed by atoms with Gasteiger partial charge in [0, 0.05) is 48.1 Å². The normalized spacial score (nSPS) is 29.0. The fourth-order valence-electron chi connectivity index (χ4n) is 8.53. The minimum absolute atomic E-state index is 0.0303. The Morgan fingerprint density at radius 2 is 2.11 bits per heavy atom. The minimum Gasteiger partial charge on any atom is -0.461 e. The van der Waals surface area contributed by atoms with Gasteiger partial charge in [-0.15, -0.1) is 0 Å². The molecule has 1 spiro atoms. The molecule has 2 unspecified atom stereocenters. The molecule has 0 radical (unpaired) electrons. The summed E-state index contributed by atoms with van der Waals surface area (Å²) >= 11 is 6.59. The van der Waals surface area contributed by atoms with Crippen molar-refractivity contribution in [3.8, 4) is 12.1 Å². The number of aromatic nitrogens is 2. The third kappa shape index (κ3) is 4.78. The van der Waals surface area contributed by atoms with E-state index in [1.165, 1.54) is 23.3 Å². The second-order valence-corrected chi connectivity index (χ2v) is 13.6. The quantitative estimate of drug-likeness (QED) is 0.402. The van der Waals surface area contributed by atoms with Crippen molar-refractivity contribution in [2.75, 3.05) is 37.7 Å². The van der Waals surface area contributed by atoms with E-state index in [0.29, 0.717) is 38.2 Å². The van der Waals surface area contributed by atoms with Crippen LogP contribution in [-0.4, -0.2) is 76.1 Å². The Bertz CT molecular complexity index is 1590. The van der Waals surface area contributed by atoms with E-state index >= 15 is 0 Å². The second kappa shape index (κ2) is 11.1. The molecule has 10 heteroatoms. The molecule has 3 aliphatic heterocycles. The number of piperazine rings is 1. The highest BCUT2D eigenvalue weighted by molar-refractivity contribution is 6.32. The molecule has 8 nitrogen and oxygen atoms in total. The SMILES string of the molecule is C=C(F)C(=O)N1CCN(c2nc(OCC34CCCN3C(C)CC4)nc3c2CC[C@@]2(C=Cc4c(Cl)cccc42)C3)C[C@@H]1CC#N. The number of carbonyl (C=O) groups is 1. The number of benzene rings is 1. The minimum atomic E-state index is -1.01. The van der Waals surface area contributed by atoms with Crippen LogP contribution >= 0.6 is 11.6 Å². The first-order chi connectivity index (χ1) is 21.2. The number of carbonyl (C=O) groups excluding carboxylic acids is 1. The van der Waals surface area contributed by atoms with Crippen molar-refractivity contribution in [2.24, 2.45) is 0 Å². The first-order valence-corrected chi connectivity index (χ1v) is 16.2. The second-order valence-electron chi connectivity index (χ2n) is 13.2. The molecule has 2 aromatic rings. The Morgan fingerprint density at radius 1 is 1.25 bits per heavy atom. The van der Waals surface area contributed by atoms with E-state index in [9.17, 15) is 14.4 Å². The fourth-order valence-corrected chi connectivity index (χ4v) is 8.77. The van der Waals surface area contributed by atoms with Gasteiger partial charge in [0.15, 0.2) is 5.83 Å². The van der Waals surface area contributed by atoms with E-state index in [0.717, 1.165) is 59.9 Å². The molecule has 4 heterocycles. The molecule has 3 fully saturated rings. The predicted molar refractivity (Wildman–Crippen MR) is 167 cm³/mol. The first-order valence-electron chi connectivity index (χ1n) is 15.8. The van der Waals surface area contributed by atoms with E-state index < -0.39 is 17.8 Å². The number of fused-ring (bicyclic) bond motifs is 4. The Labute approximate surface area is 263 Å². The summed E-state index contributed by atoms with van der Waals surface area (Å²) in [5.74, 6) is -0.965. The molecule has 7 rings (SSSR count). The molecule has 230 valence electrons. The average Bonchev–Trinajstić information content (AvgIpc) is 3.69. The van der Waals surface area contributed by atoms with Gasteiger partial charge in [-0.05, 0) is 69.2 Å². The van der Waals surface area contributed by atoms with Crippen molar-refractivity contribution in [3.05, 3.63) is 64.1 Å². The lowest BCUT2D eigenvalue weighted by atomic mass is 9.70. The molecular weight excluding hydrogens is 579 g/mol. The molecule has 1 aromatic heterocycles. The van der Waals surface area contributed by atoms with Gasteiger partial charge >= 0.3 is 6.01 Å². The number of nitrogens with zero attached hydrogens (tertiary/aromatic N) is 6. The van der Waals surface area contributed by atoms with Crippen LogP contribution in [0.25, 0.3) is 6.08 Å². The molecule has 0 saturated carbocycles. The van der Waals surface area contributed by atoms with Gasteiger partial charge in [-0.3, -0.25) is 9.69 Å². The molecule has 4 atom stereocenters. The van der Waals surface area contributed by atoms with Crippen LogP contribution in [0.15, 0.2) is 36.7 Å². The highest BCUT2D eigenvalue weighted by atomic mass is 35.5. The van der Waals surface area contributed by atoms with Crippen LogP contribution in [0.3, 0.4) is 0 Å². The zero-order chi connectivity index (χ0) is 30.6. The zero-order valence-corrected chi connectivity index (χ0v) is 26.0. The van der Waals surface area contributed by atoms with Crippen LogP contribution in [0.2, 0.25) is 5.02 Å². The molecule has 5 aliphatic rings. The third-order valence-corrected chi connectivity index (χ3v) is 11.1. The maximum Gasteiger partial charge on any atom is 0.318 e. The number of anilines is 1. The number of ether oxygens (including phenoxy) is 1. The molecule has 44 heavy (non-hydrogen) atoms. The van der Waals surface area contributed by atoms with Gasteiger partial charge < -0.3 is 14.5 Å². The summed E-state index contributed by atoms with van der Waals surface area (Å²) in [4.78, 5) is 28.8. The number of nitriles is 1. The number of hydrogen-bond acceptors (Lipinski definition) is 7. The van der Waals surface area contributed by atoms with Crippen LogP contribution in [-0.2, 0) is 23.1 Å². The van der Waals surface area contributed by atoms with E-state index in [2.05, 4.69) is 47.6 Å². The summed E-state index contributed by atoms with van der Waals surface area (Å²) in [6, 6.07) is 8.75. The van der Waals surface area contributed by atoms with Gasteiger partial charge in [0.05, 0.1) is 29.8 Å². The Morgan fingerprint density at radius 3 is 2.93 bits per heavy atom. The summed E-state index contributed by atoms with van der Waals surface area (Å²) in [5.41, 5.74) is 4.17. The fraction of sp³-hybridized carbons (Fsp3) is 0.529. The van der Waals surface area contributed by atoms with Crippen molar-refractivity contribution in [1.29, 1.82) is 5.26 Å². The number of hydrogen-bond donors (Lipinski definition) is 0. The maximum absolute atomic E-state index is 13.9. The van der Waals surface area contributed by atoms with Gasteiger partial charge in [-0.2, -0.15) is 15.2 Å². The summed E-state index contributed by atoms with van der Waals surface area (Å²) in [6.07, 6.45) is 11.4. The standard InChI is InChI=1S/C34H38ClFN6O2/c1-22-7-14-34(11-4-16-42(22)34)21-44-32-38-29-19-33(12-8-25-27(33)5-3-6-28(25)35)13-9-26(29)30(39-32)40-17-18-41(31(43)23(2)36)24(20-40)10-15-37/h3,5-6,8,12,22,24H,2,4,7,9-11,13-14,16-21H2,1H3/t22?,24-,33-,34?/m0/s1. The van der Waals surface area contributed by atoms with Crippen LogP contribution in [0, 0.1) is 11.3 Å². The summed E-state index contributed by atoms with van der Waals surface area (Å²) in [7, 11) is 0. The monoisotopic (exact) mass is 616 g/mol. The predicted octanol–water partition coefficient (Wildman–Crippen LogP) is 5.39. The molecule has 2 aliphatic carbocycles. The van der Waals surface area contributed by atoms with Gasteiger partial charge in [0.1, 0.15) is 12.4 Å². The Balaban J connectivity index is 1.23. The third-order valence-electron chi connectivity index (χ3n) is 10.8. The van der Waals surface area contributed by atoms with Gasteiger partial charge in [0.25, 0.3) is 5.91 Å². The lowest BCUT2D eigenvalue weighted by Crippen LogP contribution is -2.55. The van der Waals surface area contributed by atoms with Crippen molar-refractivity contribution in [1.82, 2.24) is 19.8 Å². The highest BCUT2D eigenvalue weighted by Crippen LogP contribution is 2.48. The van der Waals surface area contributed by atoms with E-state index in [1.54, 1.807) is 0 Å². The maximum atomic E-state index is 13.9. The van der Waals surface area contributed by atoms with Crippen molar-refractivity contribution in [2.45, 2.75) is 81.3 Å². The topological polar surface area (TPSA) is 85.6 Å².